The standard InChI is InChI=1S/C18H23N3O2/c1-14-4-6-15(7-5-14)8-9-20-12-16(11-19)18(22)21-13-17-3-2-10-23-17/h4-7,12,17,20H,2-3,8-10,13H2,1H3,(H,21,22)/b16-12-. The summed E-state index contributed by atoms with van der Waals surface area (Å²) in [5, 5.41) is 14.9. The van der Waals surface area contributed by atoms with Crippen molar-refractivity contribution in [2.45, 2.75) is 32.3 Å². The van der Waals surface area contributed by atoms with Crippen LogP contribution in [0.25, 0.3) is 0 Å². The first-order chi connectivity index (χ1) is 11.2. The van der Waals surface area contributed by atoms with Crippen LogP contribution in [0.4, 0.5) is 0 Å². The summed E-state index contributed by atoms with van der Waals surface area (Å²) in [6.07, 6.45) is 4.39. The second-order valence-electron chi connectivity index (χ2n) is 5.70. The molecule has 0 aromatic heterocycles. The highest BCUT2D eigenvalue weighted by atomic mass is 16.5. The van der Waals surface area contributed by atoms with E-state index >= 15 is 0 Å². The molecule has 0 radical (unpaired) electrons. The Morgan fingerprint density at radius 2 is 2.22 bits per heavy atom. The fraction of sp³-hybridized carbons (Fsp3) is 0.444. The summed E-state index contributed by atoms with van der Waals surface area (Å²) in [6.45, 7) is 3.94. The predicted octanol–water partition coefficient (Wildman–Crippen LogP) is 1.83. The molecule has 1 saturated heterocycles. The third-order valence-corrected chi connectivity index (χ3v) is 3.80. The molecule has 1 aliphatic rings. The molecule has 122 valence electrons. The molecule has 1 aromatic carbocycles. The molecule has 1 amide bonds. The van der Waals surface area contributed by atoms with E-state index in [2.05, 4.69) is 41.8 Å². The van der Waals surface area contributed by atoms with Gasteiger partial charge in [0.05, 0.1) is 6.10 Å². The van der Waals surface area contributed by atoms with Crippen molar-refractivity contribution in [3.05, 3.63) is 47.2 Å². The van der Waals surface area contributed by atoms with Gasteiger partial charge in [-0.3, -0.25) is 4.79 Å². The molecule has 5 heteroatoms. The highest BCUT2D eigenvalue weighted by Gasteiger charge is 2.17. The van der Waals surface area contributed by atoms with Crippen LogP contribution in [0, 0.1) is 18.3 Å². The summed E-state index contributed by atoms with van der Waals surface area (Å²) in [6, 6.07) is 10.2. The van der Waals surface area contributed by atoms with E-state index in [9.17, 15) is 4.79 Å². The molecule has 1 atom stereocenters. The molecule has 2 rings (SSSR count). The molecule has 0 bridgehead atoms. The largest absolute Gasteiger partial charge is 0.389 e. The minimum absolute atomic E-state index is 0.0772. The predicted molar refractivity (Wildman–Crippen MR) is 88.6 cm³/mol. The fourth-order valence-corrected chi connectivity index (χ4v) is 2.40. The molecule has 1 fully saturated rings. The molecule has 5 nitrogen and oxygen atoms in total. The molecule has 1 aromatic rings. The lowest BCUT2D eigenvalue weighted by Crippen LogP contribution is -2.33. The van der Waals surface area contributed by atoms with Crippen LogP contribution in [-0.4, -0.2) is 31.7 Å². The Labute approximate surface area is 137 Å². The molecule has 1 aliphatic heterocycles. The first-order valence-electron chi connectivity index (χ1n) is 7.98. The number of nitrogens with zero attached hydrogens (tertiary/aromatic N) is 1. The van der Waals surface area contributed by atoms with Crippen LogP contribution in [0.2, 0.25) is 0 Å². The van der Waals surface area contributed by atoms with Gasteiger partial charge < -0.3 is 15.4 Å². The topological polar surface area (TPSA) is 74.2 Å². The number of hydrogen-bond donors (Lipinski definition) is 2. The molecule has 23 heavy (non-hydrogen) atoms. The number of benzene rings is 1. The number of hydrogen-bond acceptors (Lipinski definition) is 4. The van der Waals surface area contributed by atoms with Gasteiger partial charge in [-0.05, 0) is 31.7 Å². The van der Waals surface area contributed by atoms with E-state index in [0.29, 0.717) is 13.1 Å². The normalized spacial score (nSPS) is 17.6. The molecular weight excluding hydrogens is 290 g/mol. The molecule has 1 unspecified atom stereocenters. The number of nitriles is 1. The highest BCUT2D eigenvalue weighted by Crippen LogP contribution is 2.10. The van der Waals surface area contributed by atoms with Crippen molar-refractivity contribution < 1.29 is 9.53 Å². The summed E-state index contributed by atoms with van der Waals surface area (Å²) in [5.41, 5.74) is 2.54. The van der Waals surface area contributed by atoms with E-state index in [-0.39, 0.29) is 17.6 Å². The Hall–Kier alpha value is -2.32. The van der Waals surface area contributed by atoms with Crippen molar-refractivity contribution in [3.63, 3.8) is 0 Å². The SMILES string of the molecule is Cc1ccc(CCN/C=C(/C#N)C(=O)NCC2CCCO2)cc1. The first-order valence-corrected chi connectivity index (χ1v) is 7.98. The van der Waals surface area contributed by atoms with Gasteiger partial charge in [-0.25, -0.2) is 0 Å². The number of amides is 1. The summed E-state index contributed by atoms with van der Waals surface area (Å²) >= 11 is 0. The number of carbonyl (C=O) groups excluding carboxylic acids is 1. The second-order valence-corrected chi connectivity index (χ2v) is 5.70. The van der Waals surface area contributed by atoms with Gasteiger partial charge in [0.1, 0.15) is 11.6 Å². The Morgan fingerprint density at radius 1 is 1.43 bits per heavy atom. The van der Waals surface area contributed by atoms with Crippen LogP contribution in [0.15, 0.2) is 36.0 Å². The van der Waals surface area contributed by atoms with Crippen LogP contribution in [0.1, 0.15) is 24.0 Å². The van der Waals surface area contributed by atoms with E-state index in [4.69, 9.17) is 10.00 Å². The molecule has 2 N–H and O–H groups in total. The summed E-state index contributed by atoms with van der Waals surface area (Å²) in [4.78, 5) is 11.9. The minimum atomic E-state index is -0.356. The Bertz CT molecular complexity index is 581. The zero-order chi connectivity index (χ0) is 16.5. The highest BCUT2D eigenvalue weighted by molar-refractivity contribution is 5.97. The van der Waals surface area contributed by atoms with Gasteiger partial charge in [-0.2, -0.15) is 5.26 Å². The third kappa shape index (κ3) is 5.76. The van der Waals surface area contributed by atoms with Crippen LogP contribution >= 0.6 is 0 Å². The minimum Gasteiger partial charge on any atom is -0.389 e. The van der Waals surface area contributed by atoms with Gasteiger partial charge in [0.25, 0.3) is 5.91 Å². The Morgan fingerprint density at radius 3 is 2.87 bits per heavy atom. The summed E-state index contributed by atoms with van der Waals surface area (Å²) < 4.78 is 5.44. The smallest absolute Gasteiger partial charge is 0.263 e. The van der Waals surface area contributed by atoms with Crippen molar-refractivity contribution in [2.24, 2.45) is 0 Å². The van der Waals surface area contributed by atoms with Gasteiger partial charge in [0, 0.05) is 25.9 Å². The van der Waals surface area contributed by atoms with E-state index in [1.807, 2.05) is 6.07 Å². The van der Waals surface area contributed by atoms with E-state index in [1.54, 1.807) is 0 Å². The van der Waals surface area contributed by atoms with Gasteiger partial charge >= 0.3 is 0 Å². The van der Waals surface area contributed by atoms with E-state index in [0.717, 1.165) is 25.9 Å². The zero-order valence-corrected chi connectivity index (χ0v) is 13.5. The molecule has 1 heterocycles. The fourth-order valence-electron chi connectivity index (χ4n) is 2.40. The lowest BCUT2D eigenvalue weighted by atomic mass is 10.1. The van der Waals surface area contributed by atoms with Crippen molar-refractivity contribution in [1.82, 2.24) is 10.6 Å². The quantitative estimate of drug-likeness (QED) is 0.457. The lowest BCUT2D eigenvalue weighted by molar-refractivity contribution is -0.117. The zero-order valence-electron chi connectivity index (χ0n) is 13.5. The maximum atomic E-state index is 11.9. The second kappa shape index (κ2) is 8.96. The molecular formula is C18H23N3O2. The first kappa shape index (κ1) is 17.0. The maximum Gasteiger partial charge on any atom is 0.263 e. The van der Waals surface area contributed by atoms with Crippen molar-refractivity contribution >= 4 is 5.91 Å². The number of aryl methyl sites for hydroxylation is 1. The monoisotopic (exact) mass is 313 g/mol. The number of carbonyl (C=O) groups is 1. The Balaban J connectivity index is 1.73. The number of nitrogens with one attached hydrogen (secondary N) is 2. The third-order valence-electron chi connectivity index (χ3n) is 3.80. The van der Waals surface area contributed by atoms with Gasteiger partial charge in [0.2, 0.25) is 0 Å². The van der Waals surface area contributed by atoms with Gasteiger partial charge in [-0.1, -0.05) is 29.8 Å². The van der Waals surface area contributed by atoms with Crippen LogP contribution in [0.3, 0.4) is 0 Å². The van der Waals surface area contributed by atoms with Gasteiger partial charge in [0.15, 0.2) is 0 Å². The number of rotatable bonds is 7. The van der Waals surface area contributed by atoms with Crippen LogP contribution < -0.4 is 10.6 Å². The molecule has 0 saturated carbocycles. The van der Waals surface area contributed by atoms with Crippen molar-refractivity contribution in [1.29, 1.82) is 5.26 Å². The summed E-state index contributed by atoms with van der Waals surface area (Å²) in [7, 11) is 0. The van der Waals surface area contributed by atoms with Crippen molar-refractivity contribution in [2.75, 3.05) is 19.7 Å². The van der Waals surface area contributed by atoms with Crippen LogP contribution in [0.5, 0.6) is 0 Å². The van der Waals surface area contributed by atoms with Crippen LogP contribution in [-0.2, 0) is 16.0 Å². The maximum absolute atomic E-state index is 11.9. The van der Waals surface area contributed by atoms with E-state index < -0.39 is 0 Å². The van der Waals surface area contributed by atoms with Crippen molar-refractivity contribution in [3.8, 4) is 6.07 Å². The molecule has 0 spiro atoms. The Kier molecular flexibility index (Phi) is 6.64. The van der Waals surface area contributed by atoms with Gasteiger partial charge in [-0.15, -0.1) is 0 Å². The average molecular weight is 313 g/mol. The molecule has 0 aliphatic carbocycles. The van der Waals surface area contributed by atoms with E-state index in [1.165, 1.54) is 17.3 Å². The summed E-state index contributed by atoms with van der Waals surface area (Å²) in [5.74, 6) is -0.356. The average Bonchev–Trinajstić information content (AvgIpc) is 3.08. The lowest BCUT2D eigenvalue weighted by Gasteiger charge is -2.10. The number of ether oxygens (including phenoxy) is 1.